The molecule has 0 fully saturated rings. The van der Waals surface area contributed by atoms with Gasteiger partial charge in [0.1, 0.15) is 0 Å². The number of halogens is 1. The van der Waals surface area contributed by atoms with Crippen molar-refractivity contribution in [1.82, 2.24) is 24.8 Å². The van der Waals surface area contributed by atoms with Crippen LogP contribution in [0.2, 0.25) is 0 Å². The predicted octanol–water partition coefficient (Wildman–Crippen LogP) is 1.48. The van der Waals surface area contributed by atoms with Gasteiger partial charge in [-0.05, 0) is 29.3 Å². The Balaban J connectivity index is 2.39. The maximum absolute atomic E-state index is 11.6. The number of methoxy groups -OCH3 is 1. The first-order valence-corrected chi connectivity index (χ1v) is 6.97. The predicted molar refractivity (Wildman–Crippen MR) is 75.5 cm³/mol. The molecule has 0 aliphatic heterocycles. The van der Waals surface area contributed by atoms with Gasteiger partial charge in [0, 0.05) is 7.05 Å². The molecule has 7 nitrogen and oxygen atoms in total. The molecule has 2 aromatic heterocycles. The number of esters is 1. The Morgan fingerprint density at radius 3 is 2.60 bits per heavy atom. The van der Waals surface area contributed by atoms with Gasteiger partial charge < -0.3 is 4.74 Å². The Hall–Kier alpha value is -1.70. The van der Waals surface area contributed by atoms with E-state index in [0.717, 1.165) is 21.6 Å². The van der Waals surface area contributed by atoms with Crippen LogP contribution in [-0.4, -0.2) is 37.9 Å². The lowest BCUT2D eigenvalue weighted by atomic mass is 10.2. The quantitative estimate of drug-likeness (QED) is 0.787. The second-order valence-corrected chi connectivity index (χ2v) is 5.15. The van der Waals surface area contributed by atoms with Gasteiger partial charge in [0.15, 0.2) is 5.69 Å². The van der Waals surface area contributed by atoms with E-state index in [4.69, 9.17) is 4.74 Å². The van der Waals surface area contributed by atoms with Gasteiger partial charge in [-0.15, -0.1) is 5.10 Å². The summed E-state index contributed by atoms with van der Waals surface area (Å²) in [6.07, 6.45) is 0.645. The summed E-state index contributed by atoms with van der Waals surface area (Å²) in [4.78, 5) is 11.6. The summed E-state index contributed by atoms with van der Waals surface area (Å²) in [6, 6.07) is 0. The van der Waals surface area contributed by atoms with Gasteiger partial charge in [-0.25, -0.2) is 9.48 Å². The fourth-order valence-corrected chi connectivity index (χ4v) is 2.52. The van der Waals surface area contributed by atoms with Crippen molar-refractivity contribution in [2.45, 2.75) is 26.8 Å². The normalized spacial score (nSPS) is 10.8. The van der Waals surface area contributed by atoms with E-state index in [9.17, 15) is 4.79 Å². The molecule has 0 radical (unpaired) electrons. The van der Waals surface area contributed by atoms with Crippen LogP contribution in [0.3, 0.4) is 0 Å². The zero-order valence-electron chi connectivity index (χ0n) is 11.8. The van der Waals surface area contributed by atoms with Crippen molar-refractivity contribution < 1.29 is 9.53 Å². The zero-order valence-corrected chi connectivity index (χ0v) is 13.4. The second kappa shape index (κ2) is 5.74. The third kappa shape index (κ3) is 2.47. The smallest absolute Gasteiger partial charge is 0.360 e. The van der Waals surface area contributed by atoms with Crippen LogP contribution in [0, 0.1) is 6.92 Å². The molecule has 0 amide bonds. The van der Waals surface area contributed by atoms with Crippen LogP contribution in [-0.2, 0) is 24.8 Å². The molecule has 2 heterocycles. The van der Waals surface area contributed by atoms with Gasteiger partial charge in [0.05, 0.1) is 35.2 Å². The summed E-state index contributed by atoms with van der Waals surface area (Å²) < 4.78 is 9.15. The Morgan fingerprint density at radius 1 is 1.40 bits per heavy atom. The first kappa shape index (κ1) is 14.7. The van der Waals surface area contributed by atoms with Gasteiger partial charge in [0.2, 0.25) is 0 Å². The van der Waals surface area contributed by atoms with Crippen molar-refractivity contribution in [2.24, 2.45) is 7.05 Å². The number of aromatic nitrogens is 5. The number of rotatable bonds is 4. The van der Waals surface area contributed by atoms with Crippen molar-refractivity contribution in [3.8, 4) is 0 Å². The zero-order chi connectivity index (χ0) is 14.9. The first-order valence-electron chi connectivity index (χ1n) is 6.18. The molecule has 0 aliphatic rings. The number of carbonyl (C=O) groups is 1. The fraction of sp³-hybridized carbons (Fsp3) is 0.500. The van der Waals surface area contributed by atoms with Gasteiger partial charge in [0.25, 0.3) is 0 Å². The van der Waals surface area contributed by atoms with Crippen molar-refractivity contribution >= 4 is 21.9 Å². The van der Waals surface area contributed by atoms with Crippen LogP contribution in [0.5, 0.6) is 0 Å². The molecule has 0 bridgehead atoms. The summed E-state index contributed by atoms with van der Waals surface area (Å²) in [5.74, 6) is -0.464. The summed E-state index contributed by atoms with van der Waals surface area (Å²) >= 11 is 3.52. The van der Waals surface area contributed by atoms with E-state index in [1.807, 2.05) is 20.9 Å². The number of aryl methyl sites for hydroxylation is 2. The highest BCUT2D eigenvalue weighted by molar-refractivity contribution is 9.10. The third-order valence-corrected chi connectivity index (χ3v) is 4.14. The maximum Gasteiger partial charge on any atom is 0.360 e. The Bertz CT molecular complexity index is 647. The molecule has 2 rings (SSSR count). The highest BCUT2D eigenvalue weighted by Gasteiger charge is 2.20. The summed E-state index contributed by atoms with van der Waals surface area (Å²) in [5, 5.41) is 12.3. The molecule has 2 aromatic rings. The minimum Gasteiger partial charge on any atom is -0.464 e. The topological polar surface area (TPSA) is 74.8 Å². The van der Waals surface area contributed by atoms with E-state index in [2.05, 4.69) is 31.3 Å². The molecular formula is C12H16BrN5O2. The van der Waals surface area contributed by atoms with Gasteiger partial charge >= 0.3 is 5.97 Å². The van der Waals surface area contributed by atoms with Crippen molar-refractivity contribution in [1.29, 1.82) is 0 Å². The minimum atomic E-state index is -0.464. The standard InChI is InChI=1S/C12H16BrN5O2/c1-5-8-11(12(19)20-4)14-16-18(8)6-9-10(13)7(2)15-17(9)3/h5-6H2,1-4H3. The fourth-order valence-electron chi connectivity index (χ4n) is 2.06. The number of hydrogen-bond acceptors (Lipinski definition) is 5. The summed E-state index contributed by atoms with van der Waals surface area (Å²) in [6.45, 7) is 4.37. The van der Waals surface area contributed by atoms with Gasteiger partial charge in [-0.2, -0.15) is 5.10 Å². The molecule has 20 heavy (non-hydrogen) atoms. The number of hydrogen-bond donors (Lipinski definition) is 0. The van der Waals surface area contributed by atoms with Crippen LogP contribution < -0.4 is 0 Å². The first-order chi connectivity index (χ1) is 9.49. The average molecular weight is 342 g/mol. The minimum absolute atomic E-state index is 0.269. The van der Waals surface area contributed by atoms with Crippen LogP contribution in [0.25, 0.3) is 0 Å². The van der Waals surface area contributed by atoms with Crippen molar-refractivity contribution in [2.75, 3.05) is 7.11 Å². The highest BCUT2D eigenvalue weighted by atomic mass is 79.9. The molecule has 0 aliphatic carbocycles. The van der Waals surface area contributed by atoms with E-state index in [-0.39, 0.29) is 5.69 Å². The lowest BCUT2D eigenvalue weighted by Gasteiger charge is -2.06. The van der Waals surface area contributed by atoms with E-state index < -0.39 is 5.97 Å². The Morgan fingerprint density at radius 2 is 2.10 bits per heavy atom. The molecule has 0 spiro atoms. The molecule has 0 saturated heterocycles. The molecule has 0 unspecified atom stereocenters. The Labute approximate surface area is 125 Å². The molecule has 0 N–H and O–H groups in total. The number of ether oxygens (including phenoxy) is 1. The van der Waals surface area contributed by atoms with Crippen molar-refractivity contribution in [3.63, 3.8) is 0 Å². The SMILES string of the molecule is CCc1c(C(=O)OC)nnn1Cc1c(Br)c(C)nn1C. The molecule has 0 saturated carbocycles. The summed E-state index contributed by atoms with van der Waals surface area (Å²) in [5.41, 5.74) is 2.90. The lowest BCUT2D eigenvalue weighted by Crippen LogP contribution is -2.12. The van der Waals surface area contributed by atoms with Crippen LogP contribution in [0.1, 0.15) is 34.5 Å². The van der Waals surface area contributed by atoms with E-state index >= 15 is 0 Å². The lowest BCUT2D eigenvalue weighted by molar-refractivity contribution is 0.0592. The van der Waals surface area contributed by atoms with Crippen LogP contribution >= 0.6 is 15.9 Å². The van der Waals surface area contributed by atoms with Crippen LogP contribution in [0.4, 0.5) is 0 Å². The van der Waals surface area contributed by atoms with Crippen LogP contribution in [0.15, 0.2) is 4.47 Å². The molecule has 108 valence electrons. The maximum atomic E-state index is 11.6. The number of nitrogens with zero attached hydrogens (tertiary/aromatic N) is 5. The van der Waals surface area contributed by atoms with Crippen molar-refractivity contribution in [3.05, 3.63) is 27.2 Å². The molecule has 0 atom stereocenters. The highest BCUT2D eigenvalue weighted by Crippen LogP contribution is 2.21. The van der Waals surface area contributed by atoms with E-state index in [1.165, 1.54) is 7.11 Å². The third-order valence-electron chi connectivity index (χ3n) is 3.11. The van der Waals surface area contributed by atoms with Gasteiger partial charge in [-0.3, -0.25) is 4.68 Å². The number of carbonyl (C=O) groups excluding carboxylic acids is 1. The average Bonchev–Trinajstić information content (AvgIpc) is 2.94. The Kier molecular flexibility index (Phi) is 4.22. The van der Waals surface area contributed by atoms with E-state index in [1.54, 1.807) is 9.36 Å². The molecule has 0 aromatic carbocycles. The van der Waals surface area contributed by atoms with Gasteiger partial charge in [-0.1, -0.05) is 12.1 Å². The molecular weight excluding hydrogens is 326 g/mol. The summed E-state index contributed by atoms with van der Waals surface area (Å²) in [7, 11) is 3.21. The largest absolute Gasteiger partial charge is 0.464 e. The van der Waals surface area contributed by atoms with E-state index in [0.29, 0.717) is 13.0 Å². The second-order valence-electron chi connectivity index (χ2n) is 4.36. The molecule has 8 heteroatoms. The monoisotopic (exact) mass is 341 g/mol.